The molecule has 164 valence electrons. The van der Waals surface area contributed by atoms with Crippen LogP contribution in [0, 0.1) is 6.92 Å². The molecule has 2 fully saturated rings. The van der Waals surface area contributed by atoms with E-state index in [0.29, 0.717) is 17.3 Å². The number of piperidine rings is 1. The van der Waals surface area contributed by atoms with E-state index in [1.54, 1.807) is 6.07 Å². The number of rotatable bonds is 4. The number of para-hydroxylation sites is 1. The summed E-state index contributed by atoms with van der Waals surface area (Å²) in [5, 5.41) is 2.76. The Morgan fingerprint density at radius 2 is 1.74 bits per heavy atom. The summed E-state index contributed by atoms with van der Waals surface area (Å²) in [4.78, 5) is 31.5. The number of anilines is 2. The van der Waals surface area contributed by atoms with Gasteiger partial charge in [0.25, 0.3) is 5.91 Å². The summed E-state index contributed by atoms with van der Waals surface area (Å²) in [5.74, 6) is -0.0806. The van der Waals surface area contributed by atoms with Crippen molar-refractivity contribution in [3.63, 3.8) is 0 Å². The van der Waals surface area contributed by atoms with Gasteiger partial charge in [0.15, 0.2) is 0 Å². The average Bonchev–Trinajstić information content (AvgIpc) is 2.79. The molecule has 2 amide bonds. The number of carbonyl (C=O) groups is 2. The summed E-state index contributed by atoms with van der Waals surface area (Å²) >= 11 is 0. The summed E-state index contributed by atoms with van der Waals surface area (Å²) in [6, 6.07) is 16.2. The number of nitrogens with zero attached hydrogens (tertiary/aromatic N) is 3. The van der Waals surface area contributed by atoms with Crippen LogP contribution in [0.15, 0.2) is 48.5 Å². The zero-order valence-corrected chi connectivity index (χ0v) is 18.5. The van der Waals surface area contributed by atoms with Crippen molar-refractivity contribution in [1.82, 2.24) is 9.80 Å². The Morgan fingerprint density at radius 1 is 0.968 bits per heavy atom. The van der Waals surface area contributed by atoms with Crippen LogP contribution in [0.5, 0.6) is 0 Å². The molecule has 2 aromatic carbocycles. The van der Waals surface area contributed by atoms with Gasteiger partial charge >= 0.3 is 0 Å². The second kappa shape index (κ2) is 9.52. The number of aryl methyl sites for hydroxylation is 1. The molecule has 2 saturated heterocycles. The van der Waals surface area contributed by atoms with Crippen LogP contribution in [-0.2, 0) is 4.79 Å². The van der Waals surface area contributed by atoms with Crippen molar-refractivity contribution >= 4 is 23.2 Å². The molecular weight excluding hydrogens is 388 g/mol. The highest BCUT2D eigenvalue weighted by molar-refractivity contribution is 5.96. The van der Waals surface area contributed by atoms with E-state index in [-0.39, 0.29) is 11.8 Å². The maximum Gasteiger partial charge on any atom is 0.253 e. The van der Waals surface area contributed by atoms with Gasteiger partial charge in [-0.3, -0.25) is 14.5 Å². The zero-order chi connectivity index (χ0) is 21.8. The summed E-state index contributed by atoms with van der Waals surface area (Å²) in [6.07, 6.45) is 2.17. The molecule has 1 N–H and O–H groups in total. The Bertz CT molecular complexity index is 937. The van der Waals surface area contributed by atoms with E-state index >= 15 is 0 Å². The Morgan fingerprint density at radius 3 is 2.48 bits per heavy atom. The van der Waals surface area contributed by atoms with E-state index in [1.165, 1.54) is 18.2 Å². The summed E-state index contributed by atoms with van der Waals surface area (Å²) in [5.41, 5.74) is 3.96. The van der Waals surface area contributed by atoms with E-state index in [9.17, 15) is 9.59 Å². The molecule has 2 heterocycles. The first-order chi connectivity index (χ1) is 15.0. The first-order valence-corrected chi connectivity index (χ1v) is 11.2. The molecule has 2 aliphatic heterocycles. The second-order valence-corrected chi connectivity index (χ2v) is 8.62. The molecule has 6 nitrogen and oxygen atoms in total. The van der Waals surface area contributed by atoms with Gasteiger partial charge in [-0.1, -0.05) is 24.3 Å². The number of amides is 2. The van der Waals surface area contributed by atoms with E-state index < -0.39 is 0 Å². The third-order valence-corrected chi connectivity index (χ3v) is 6.40. The molecule has 0 unspecified atom stereocenters. The second-order valence-electron chi connectivity index (χ2n) is 8.62. The van der Waals surface area contributed by atoms with Crippen LogP contribution in [0.3, 0.4) is 0 Å². The van der Waals surface area contributed by atoms with Crippen molar-refractivity contribution in [1.29, 1.82) is 0 Å². The predicted molar refractivity (Wildman–Crippen MR) is 125 cm³/mol. The molecule has 0 aliphatic carbocycles. The van der Waals surface area contributed by atoms with E-state index in [0.717, 1.165) is 52.1 Å². The van der Waals surface area contributed by atoms with Crippen molar-refractivity contribution < 1.29 is 9.59 Å². The van der Waals surface area contributed by atoms with Gasteiger partial charge in [-0.2, -0.15) is 0 Å². The first kappa shape index (κ1) is 21.4. The third-order valence-electron chi connectivity index (χ3n) is 6.40. The summed E-state index contributed by atoms with van der Waals surface area (Å²) in [6.45, 7) is 9.31. The molecule has 6 heteroatoms. The quantitative estimate of drug-likeness (QED) is 0.824. The minimum Gasteiger partial charge on any atom is -0.369 e. The van der Waals surface area contributed by atoms with Crippen LogP contribution < -0.4 is 10.2 Å². The van der Waals surface area contributed by atoms with Crippen LogP contribution in [0.25, 0.3) is 0 Å². The van der Waals surface area contributed by atoms with Gasteiger partial charge in [-0.15, -0.1) is 0 Å². The Balaban J connectivity index is 1.36. The molecule has 1 atom stereocenters. The van der Waals surface area contributed by atoms with Crippen LogP contribution in [0.1, 0.15) is 35.7 Å². The van der Waals surface area contributed by atoms with Crippen molar-refractivity contribution in [2.75, 3.05) is 49.5 Å². The number of nitrogens with one attached hydrogen (secondary N) is 1. The predicted octanol–water partition coefficient (Wildman–Crippen LogP) is 3.38. The molecule has 2 aliphatic rings. The van der Waals surface area contributed by atoms with Gasteiger partial charge in [0.05, 0.1) is 0 Å². The van der Waals surface area contributed by atoms with Gasteiger partial charge in [-0.25, -0.2) is 0 Å². The number of hydrogen-bond donors (Lipinski definition) is 1. The molecule has 0 aromatic heterocycles. The van der Waals surface area contributed by atoms with Gasteiger partial charge in [0.2, 0.25) is 5.91 Å². The van der Waals surface area contributed by atoms with E-state index in [4.69, 9.17) is 0 Å². The van der Waals surface area contributed by atoms with E-state index in [1.807, 2.05) is 23.1 Å². The van der Waals surface area contributed by atoms with Crippen molar-refractivity contribution in [2.24, 2.45) is 0 Å². The number of hydrogen-bond acceptors (Lipinski definition) is 4. The molecular formula is C25H32N4O2. The fraction of sp³-hybridized carbons (Fsp3) is 0.440. The fourth-order valence-corrected chi connectivity index (χ4v) is 4.80. The molecule has 0 radical (unpaired) electrons. The number of carbonyl (C=O) groups excluding carboxylic acids is 2. The number of piperazine rings is 1. The molecule has 2 aromatic rings. The lowest BCUT2D eigenvalue weighted by molar-refractivity contribution is -0.114. The molecule has 0 saturated carbocycles. The lowest BCUT2D eigenvalue weighted by Gasteiger charge is -2.44. The number of benzene rings is 2. The Labute approximate surface area is 184 Å². The average molecular weight is 421 g/mol. The maximum absolute atomic E-state index is 13.1. The van der Waals surface area contributed by atoms with Crippen LogP contribution in [0.4, 0.5) is 11.4 Å². The van der Waals surface area contributed by atoms with Crippen LogP contribution in [0.2, 0.25) is 0 Å². The normalized spacial score (nSPS) is 19.9. The van der Waals surface area contributed by atoms with Crippen molar-refractivity contribution in [2.45, 2.75) is 32.7 Å². The van der Waals surface area contributed by atoms with Crippen LogP contribution in [-0.4, -0.2) is 66.9 Å². The van der Waals surface area contributed by atoms with Crippen molar-refractivity contribution in [3.8, 4) is 0 Å². The van der Waals surface area contributed by atoms with Gasteiger partial charge < -0.3 is 15.1 Å². The monoisotopic (exact) mass is 420 g/mol. The lowest BCUT2D eigenvalue weighted by atomic mass is 10.0. The first-order valence-electron chi connectivity index (χ1n) is 11.2. The topological polar surface area (TPSA) is 55.9 Å². The molecule has 0 bridgehead atoms. The summed E-state index contributed by atoms with van der Waals surface area (Å²) < 4.78 is 0. The van der Waals surface area contributed by atoms with Crippen LogP contribution >= 0.6 is 0 Å². The summed E-state index contributed by atoms with van der Waals surface area (Å²) in [7, 11) is 0. The largest absolute Gasteiger partial charge is 0.369 e. The number of likely N-dealkylation sites (tertiary alicyclic amines) is 1. The molecule has 31 heavy (non-hydrogen) atoms. The molecule has 0 spiro atoms. The Kier molecular flexibility index (Phi) is 6.56. The SMILES string of the molecule is CC(=O)Nc1cccc(C(=O)N2CCC[C@H](N3CCN(c4ccccc4C)CC3)C2)c1. The minimum absolute atomic E-state index is 0.0513. The molecule has 4 rings (SSSR count). The highest BCUT2D eigenvalue weighted by Gasteiger charge is 2.30. The lowest BCUT2D eigenvalue weighted by Crippen LogP contribution is -2.56. The van der Waals surface area contributed by atoms with Gasteiger partial charge in [0.1, 0.15) is 0 Å². The van der Waals surface area contributed by atoms with Gasteiger partial charge in [0, 0.05) is 69.2 Å². The third kappa shape index (κ3) is 5.07. The fourth-order valence-electron chi connectivity index (χ4n) is 4.80. The maximum atomic E-state index is 13.1. The van der Waals surface area contributed by atoms with Crippen molar-refractivity contribution in [3.05, 3.63) is 59.7 Å². The standard InChI is InChI=1S/C25H32N4O2/c1-19-7-3-4-11-24(19)28-15-13-27(14-16-28)23-10-6-12-29(18-23)25(31)21-8-5-9-22(17-21)26-20(2)30/h3-5,7-9,11,17,23H,6,10,12-16,18H2,1-2H3,(H,26,30)/t23-/m0/s1. The smallest absolute Gasteiger partial charge is 0.253 e. The zero-order valence-electron chi connectivity index (χ0n) is 18.5. The minimum atomic E-state index is -0.132. The van der Waals surface area contributed by atoms with Gasteiger partial charge in [-0.05, 0) is 49.6 Å². The Hall–Kier alpha value is -2.86. The highest BCUT2D eigenvalue weighted by Crippen LogP contribution is 2.24. The van der Waals surface area contributed by atoms with E-state index in [2.05, 4.69) is 46.3 Å². The highest BCUT2D eigenvalue weighted by atomic mass is 16.2.